The summed E-state index contributed by atoms with van der Waals surface area (Å²) in [6.07, 6.45) is 3.85. The Morgan fingerprint density at radius 3 is 1.44 bits per heavy atom. The predicted octanol–water partition coefficient (Wildman–Crippen LogP) is 2.21. The summed E-state index contributed by atoms with van der Waals surface area (Å²) in [7, 11) is 5.05. The molecule has 1 saturated heterocycles. The van der Waals surface area contributed by atoms with Crippen LogP contribution in [0, 0.1) is 46.3 Å². The molecule has 246 valence electrons. The maximum atomic E-state index is 15.6. The van der Waals surface area contributed by atoms with Crippen molar-refractivity contribution in [1.82, 2.24) is 9.97 Å². The van der Waals surface area contributed by atoms with Crippen molar-refractivity contribution < 1.29 is 47.7 Å². The zero-order valence-electron chi connectivity index (χ0n) is 27.1. The van der Waals surface area contributed by atoms with Crippen molar-refractivity contribution in [2.75, 3.05) is 28.4 Å². The summed E-state index contributed by atoms with van der Waals surface area (Å²) in [4.78, 5) is 81.7. The summed E-state index contributed by atoms with van der Waals surface area (Å²) in [5.74, 6) is -5.83. The molecule has 2 aromatic heterocycles. The Morgan fingerprint density at radius 1 is 0.667 bits per heavy atom. The van der Waals surface area contributed by atoms with Crippen molar-refractivity contribution >= 4 is 51.5 Å². The van der Waals surface area contributed by atoms with Crippen LogP contribution < -0.4 is 0 Å². The summed E-state index contributed by atoms with van der Waals surface area (Å²) in [5.41, 5.74) is -7.19. The molecular weight excluding hydrogens is 620 g/mol. The SMILES string of the molecule is COC(=O)[C@]12[C@@H]3[C@@H]4C[C@H]([C@@H]3[C@@]1(C(=O)OC)[C@@]1(C)C(=O)[C@]2(C)c2c1c1cccnc1c1ncccc21)[C@@H]1[C@H]4[C@@]2(C(=O)OC)O[C@@]12C(=O)OC. The number of esters is 4. The van der Waals surface area contributed by atoms with Crippen molar-refractivity contribution in [2.24, 2.45) is 46.3 Å². The van der Waals surface area contributed by atoms with Crippen molar-refractivity contribution in [3.63, 3.8) is 0 Å². The first-order valence-electron chi connectivity index (χ1n) is 16.2. The van der Waals surface area contributed by atoms with E-state index in [2.05, 4.69) is 0 Å². The van der Waals surface area contributed by atoms with Gasteiger partial charge in [0.15, 0.2) is 5.78 Å². The number of aromatic nitrogens is 2. The van der Waals surface area contributed by atoms with Crippen LogP contribution in [-0.2, 0) is 58.5 Å². The molecule has 0 radical (unpaired) electrons. The number of ketones is 1. The summed E-state index contributed by atoms with van der Waals surface area (Å²) in [6.45, 7) is 3.55. The quantitative estimate of drug-likeness (QED) is 0.101. The van der Waals surface area contributed by atoms with Crippen LogP contribution in [0.4, 0.5) is 0 Å². The van der Waals surface area contributed by atoms with Gasteiger partial charge in [0.2, 0.25) is 11.2 Å². The van der Waals surface area contributed by atoms with E-state index in [0.29, 0.717) is 39.4 Å². The van der Waals surface area contributed by atoms with E-state index < -0.39 is 80.4 Å². The number of hydrogen-bond acceptors (Lipinski definition) is 12. The fourth-order valence-corrected chi connectivity index (χ4v) is 14.0. The minimum absolute atomic E-state index is 0.268. The van der Waals surface area contributed by atoms with Gasteiger partial charge in [-0.3, -0.25) is 24.4 Å². The van der Waals surface area contributed by atoms with Crippen molar-refractivity contribution in [1.29, 1.82) is 0 Å². The zero-order chi connectivity index (χ0) is 33.7. The van der Waals surface area contributed by atoms with Gasteiger partial charge in [0.05, 0.1) is 50.3 Å². The summed E-state index contributed by atoms with van der Waals surface area (Å²) >= 11 is 0. The Morgan fingerprint density at radius 2 is 1.06 bits per heavy atom. The van der Waals surface area contributed by atoms with Gasteiger partial charge < -0.3 is 23.7 Å². The highest BCUT2D eigenvalue weighted by molar-refractivity contribution is 6.25. The minimum Gasteiger partial charge on any atom is -0.469 e. The third-order valence-electron chi connectivity index (χ3n) is 14.7. The van der Waals surface area contributed by atoms with E-state index in [4.69, 9.17) is 33.7 Å². The summed E-state index contributed by atoms with van der Waals surface area (Å²) in [5, 5.41) is 1.35. The highest BCUT2D eigenvalue weighted by atomic mass is 16.7. The normalized spacial score (nSPS) is 45.6. The molecule has 7 aliphatic rings. The zero-order valence-corrected chi connectivity index (χ0v) is 27.1. The first-order valence-corrected chi connectivity index (χ1v) is 16.2. The molecule has 6 fully saturated rings. The Balaban J connectivity index is 1.33. The second kappa shape index (κ2) is 7.88. The largest absolute Gasteiger partial charge is 0.469 e. The Labute approximate surface area is 273 Å². The molecule has 4 bridgehead atoms. The van der Waals surface area contributed by atoms with Crippen molar-refractivity contribution in [2.45, 2.75) is 42.3 Å². The Kier molecular flexibility index (Phi) is 4.69. The molecule has 0 amide bonds. The van der Waals surface area contributed by atoms with Crippen LogP contribution >= 0.6 is 0 Å². The average molecular weight is 653 g/mol. The number of epoxide rings is 1. The van der Waals surface area contributed by atoms with Crippen LogP contribution in [0.5, 0.6) is 0 Å². The van der Waals surface area contributed by atoms with E-state index in [1.165, 1.54) is 28.4 Å². The van der Waals surface area contributed by atoms with Crippen LogP contribution in [0.25, 0.3) is 21.8 Å². The van der Waals surface area contributed by atoms with Gasteiger partial charge in [-0.15, -0.1) is 0 Å². The summed E-state index contributed by atoms with van der Waals surface area (Å²) in [6, 6.07) is 7.34. The molecule has 6 aliphatic carbocycles. The molecule has 10 rings (SSSR count). The van der Waals surface area contributed by atoms with Gasteiger partial charge in [-0.05, 0) is 67.2 Å². The second-order valence-electron chi connectivity index (χ2n) is 15.0. The minimum atomic E-state index is -1.70. The number of fused-ring (bicyclic) bond motifs is 26. The summed E-state index contributed by atoms with van der Waals surface area (Å²) < 4.78 is 28.0. The van der Waals surface area contributed by atoms with Crippen molar-refractivity contribution in [3.8, 4) is 0 Å². The topological polar surface area (TPSA) is 161 Å². The highest BCUT2D eigenvalue weighted by Gasteiger charge is 3.07. The number of benzene rings is 1. The van der Waals surface area contributed by atoms with E-state index >= 15 is 4.79 Å². The molecule has 1 aliphatic heterocycles. The number of carbonyl (C=O) groups excluding carboxylic acids is 5. The van der Waals surface area contributed by atoms with E-state index in [0.717, 1.165) is 0 Å². The van der Waals surface area contributed by atoms with Crippen LogP contribution in [-0.4, -0.2) is 79.3 Å². The highest BCUT2D eigenvalue weighted by Crippen LogP contribution is 2.96. The number of ether oxygens (including phenoxy) is 5. The van der Waals surface area contributed by atoms with Gasteiger partial charge >= 0.3 is 23.9 Å². The number of carbonyl (C=O) groups is 5. The van der Waals surface area contributed by atoms with Gasteiger partial charge in [-0.2, -0.15) is 0 Å². The van der Waals surface area contributed by atoms with Gasteiger partial charge in [0, 0.05) is 35.0 Å². The lowest BCUT2D eigenvalue weighted by Gasteiger charge is -2.74. The van der Waals surface area contributed by atoms with Crippen LogP contribution in [0.15, 0.2) is 36.7 Å². The van der Waals surface area contributed by atoms with Crippen LogP contribution in [0.3, 0.4) is 0 Å². The maximum Gasteiger partial charge on any atom is 0.342 e. The number of rotatable bonds is 4. The van der Waals surface area contributed by atoms with E-state index in [1.54, 1.807) is 38.4 Å². The predicted molar refractivity (Wildman–Crippen MR) is 162 cm³/mol. The average Bonchev–Trinajstić information content (AvgIpc) is 3.25. The number of pyridine rings is 2. The fraction of sp³-hybridized carbons (Fsp3) is 0.528. The molecule has 12 atom stereocenters. The first-order chi connectivity index (χ1) is 23.0. The smallest absolute Gasteiger partial charge is 0.342 e. The van der Waals surface area contributed by atoms with Gasteiger partial charge in [-0.25, -0.2) is 9.59 Å². The molecule has 3 aromatic rings. The van der Waals surface area contributed by atoms with Crippen molar-refractivity contribution in [3.05, 3.63) is 47.8 Å². The maximum absolute atomic E-state index is 15.6. The van der Waals surface area contributed by atoms with Gasteiger partial charge in [0.1, 0.15) is 10.8 Å². The Bertz CT molecular complexity index is 2020. The third-order valence-corrected chi connectivity index (χ3v) is 14.7. The van der Waals surface area contributed by atoms with Gasteiger partial charge in [-0.1, -0.05) is 12.1 Å². The van der Waals surface area contributed by atoms with E-state index in [-0.39, 0.29) is 17.6 Å². The second-order valence-corrected chi connectivity index (χ2v) is 15.0. The Hall–Kier alpha value is -4.45. The molecule has 5 saturated carbocycles. The number of Topliss-reactive ketones (excluding diaryl/α,β-unsaturated/α-hetero) is 1. The molecule has 3 heterocycles. The molecule has 12 heteroatoms. The lowest BCUT2D eigenvalue weighted by molar-refractivity contribution is -0.282. The monoisotopic (exact) mass is 652 g/mol. The van der Waals surface area contributed by atoms with E-state index in [1.807, 2.05) is 12.1 Å². The number of nitrogens with zero attached hydrogens (tertiary/aromatic N) is 2. The molecule has 12 nitrogen and oxygen atoms in total. The molecule has 48 heavy (non-hydrogen) atoms. The number of hydrogen-bond donors (Lipinski definition) is 0. The lowest BCUT2D eigenvalue weighted by Crippen LogP contribution is -2.83. The molecule has 1 aromatic carbocycles. The van der Waals surface area contributed by atoms with Crippen LogP contribution in [0.1, 0.15) is 31.4 Å². The lowest BCUT2D eigenvalue weighted by atomic mass is 9.24. The van der Waals surface area contributed by atoms with Gasteiger partial charge in [0.25, 0.3) is 0 Å². The third kappa shape index (κ3) is 2.07. The molecule has 0 N–H and O–H groups in total. The molecular formula is C36H32N2O10. The molecule has 0 spiro atoms. The standard InChI is InChI=1S/C36H32N2O10/c1-31-18-14-9-7-11-37-24(14)25-15(10-8-12-38-25)19(18)32(2,26(31)39)34(28(41)45-4)21-17-13-16(20(21)33(31,34)27(40)44-3)22-23(17)36(30(43)47-6)35(22,48-36)29(42)46-5/h7-12,16-17,20-23H,13H2,1-6H3/t16-,17+,20+,21-,22-,23+,31-,32+,33-,34+,35-,36+. The van der Waals surface area contributed by atoms with E-state index in [9.17, 15) is 19.2 Å². The number of methoxy groups -OCH3 is 4. The molecule has 0 unspecified atom stereocenters. The first kappa shape index (κ1) is 28.6. The van der Waals surface area contributed by atoms with Crippen LogP contribution in [0.2, 0.25) is 0 Å². The fourth-order valence-electron chi connectivity index (χ4n) is 14.0.